The topological polar surface area (TPSA) is 79.7 Å². The fourth-order valence-electron chi connectivity index (χ4n) is 5.43. The Labute approximate surface area is 254 Å². The third-order valence-electron chi connectivity index (χ3n) is 7.52. The Morgan fingerprint density at radius 3 is 2.60 bits per heavy atom. The molecular formula is C35H32N4O3S. The third-order valence-corrected chi connectivity index (χ3v) is 8.53. The molecule has 1 amide bonds. The standard InChI is InChI=1S/C35H32N4O3S/c1-4-42-34(41)25-11-10-14-29(20-25)39-23(2)19-27(24(39)3)21-32-33(40)38(35(43-32)37-28-12-6-5-7-13-28)18-17-26-22-36-31-16-9-8-15-30(26)31/h5-16,19-22,36H,4,17-18H2,1-3H3/b32-21-,37-35?. The molecule has 6 rings (SSSR count). The van der Waals surface area contributed by atoms with Crippen molar-refractivity contribution in [1.82, 2.24) is 14.5 Å². The van der Waals surface area contributed by atoms with Crippen LogP contribution in [0.4, 0.5) is 5.69 Å². The molecule has 0 unspecified atom stereocenters. The van der Waals surface area contributed by atoms with E-state index < -0.39 is 0 Å². The van der Waals surface area contributed by atoms with Crippen molar-refractivity contribution in [3.63, 3.8) is 0 Å². The van der Waals surface area contributed by atoms with Crippen LogP contribution in [0.3, 0.4) is 0 Å². The smallest absolute Gasteiger partial charge is 0.338 e. The highest BCUT2D eigenvalue weighted by Crippen LogP contribution is 2.36. The zero-order chi connectivity index (χ0) is 29.9. The number of nitrogens with zero attached hydrogens (tertiary/aromatic N) is 3. The van der Waals surface area contributed by atoms with E-state index >= 15 is 0 Å². The summed E-state index contributed by atoms with van der Waals surface area (Å²) in [7, 11) is 0. The van der Waals surface area contributed by atoms with Crippen molar-refractivity contribution < 1.29 is 14.3 Å². The molecule has 0 bridgehead atoms. The second kappa shape index (κ2) is 12.2. The number of aromatic amines is 1. The van der Waals surface area contributed by atoms with Crippen LogP contribution < -0.4 is 0 Å². The van der Waals surface area contributed by atoms with Crippen molar-refractivity contribution in [2.24, 2.45) is 4.99 Å². The maximum absolute atomic E-state index is 13.9. The van der Waals surface area contributed by atoms with Gasteiger partial charge in [-0.2, -0.15) is 0 Å². The van der Waals surface area contributed by atoms with E-state index in [2.05, 4.69) is 27.8 Å². The van der Waals surface area contributed by atoms with Crippen molar-refractivity contribution >= 4 is 51.5 Å². The Bertz CT molecular complexity index is 1880. The molecule has 216 valence electrons. The number of carbonyl (C=O) groups is 2. The van der Waals surface area contributed by atoms with Gasteiger partial charge in [-0.3, -0.25) is 9.69 Å². The molecule has 0 saturated carbocycles. The zero-order valence-electron chi connectivity index (χ0n) is 24.3. The first-order valence-electron chi connectivity index (χ1n) is 14.3. The average Bonchev–Trinajstić information content (AvgIpc) is 3.65. The van der Waals surface area contributed by atoms with E-state index in [9.17, 15) is 9.59 Å². The van der Waals surface area contributed by atoms with Gasteiger partial charge >= 0.3 is 5.97 Å². The van der Waals surface area contributed by atoms with Crippen LogP contribution >= 0.6 is 11.8 Å². The minimum Gasteiger partial charge on any atom is -0.462 e. The Balaban J connectivity index is 1.32. The van der Waals surface area contributed by atoms with Gasteiger partial charge in [0, 0.05) is 40.7 Å². The van der Waals surface area contributed by atoms with Crippen LogP contribution in [-0.2, 0) is 16.0 Å². The summed E-state index contributed by atoms with van der Waals surface area (Å²) in [6.07, 6.45) is 4.67. The minimum absolute atomic E-state index is 0.0615. The van der Waals surface area contributed by atoms with E-state index in [4.69, 9.17) is 9.73 Å². The summed E-state index contributed by atoms with van der Waals surface area (Å²) in [6.45, 7) is 6.67. The first kappa shape index (κ1) is 28.3. The van der Waals surface area contributed by atoms with Crippen molar-refractivity contribution in [3.8, 4) is 5.69 Å². The lowest BCUT2D eigenvalue weighted by Gasteiger charge is -2.15. The molecule has 1 aliphatic rings. The van der Waals surface area contributed by atoms with E-state index in [1.54, 1.807) is 17.9 Å². The number of hydrogen-bond acceptors (Lipinski definition) is 5. The molecule has 1 N–H and O–H groups in total. The molecule has 43 heavy (non-hydrogen) atoms. The number of benzene rings is 3. The number of hydrogen-bond donors (Lipinski definition) is 1. The molecule has 1 fully saturated rings. The van der Waals surface area contributed by atoms with Crippen LogP contribution in [0.15, 0.2) is 101 Å². The molecule has 0 atom stereocenters. The number of para-hydroxylation sites is 2. The van der Waals surface area contributed by atoms with Crippen molar-refractivity contribution in [1.29, 1.82) is 0 Å². The highest BCUT2D eigenvalue weighted by Gasteiger charge is 2.33. The molecule has 3 heterocycles. The maximum atomic E-state index is 13.9. The van der Waals surface area contributed by atoms with E-state index in [0.717, 1.165) is 33.8 Å². The summed E-state index contributed by atoms with van der Waals surface area (Å²) in [6, 6.07) is 27.4. The number of esters is 1. The number of rotatable bonds is 8. The van der Waals surface area contributed by atoms with Gasteiger partial charge in [-0.15, -0.1) is 0 Å². The second-order valence-electron chi connectivity index (χ2n) is 10.3. The Morgan fingerprint density at radius 1 is 1.00 bits per heavy atom. The van der Waals surface area contributed by atoms with Crippen LogP contribution in [0.2, 0.25) is 0 Å². The lowest BCUT2D eigenvalue weighted by atomic mass is 10.1. The van der Waals surface area contributed by atoms with Crippen LogP contribution in [-0.4, -0.2) is 44.6 Å². The predicted molar refractivity (Wildman–Crippen MR) is 174 cm³/mol. The first-order chi connectivity index (χ1) is 20.9. The molecule has 7 nitrogen and oxygen atoms in total. The lowest BCUT2D eigenvalue weighted by molar-refractivity contribution is -0.122. The molecule has 0 aliphatic carbocycles. The minimum atomic E-state index is -0.347. The van der Waals surface area contributed by atoms with Crippen molar-refractivity contribution in [2.45, 2.75) is 27.2 Å². The quantitative estimate of drug-likeness (QED) is 0.150. The van der Waals surface area contributed by atoms with Gasteiger partial charge in [0.15, 0.2) is 5.17 Å². The van der Waals surface area contributed by atoms with Crippen LogP contribution in [0.25, 0.3) is 22.7 Å². The summed E-state index contributed by atoms with van der Waals surface area (Å²) < 4.78 is 7.29. The summed E-state index contributed by atoms with van der Waals surface area (Å²) in [5.74, 6) is -0.409. The molecule has 1 saturated heterocycles. The largest absolute Gasteiger partial charge is 0.462 e. The first-order valence-corrected chi connectivity index (χ1v) is 15.1. The number of amides is 1. The maximum Gasteiger partial charge on any atom is 0.338 e. The molecule has 1 aliphatic heterocycles. The summed E-state index contributed by atoms with van der Waals surface area (Å²) in [5, 5.41) is 1.83. The number of aryl methyl sites for hydroxylation is 1. The van der Waals surface area contributed by atoms with E-state index in [1.165, 1.54) is 22.7 Å². The van der Waals surface area contributed by atoms with E-state index in [-0.39, 0.29) is 11.9 Å². The van der Waals surface area contributed by atoms with Crippen molar-refractivity contribution in [2.75, 3.05) is 13.2 Å². The molecule has 3 aromatic carbocycles. The van der Waals surface area contributed by atoms with Gasteiger partial charge in [-0.25, -0.2) is 9.79 Å². The predicted octanol–water partition coefficient (Wildman–Crippen LogP) is 7.60. The van der Waals surface area contributed by atoms with Gasteiger partial charge in [0.05, 0.1) is 22.8 Å². The number of fused-ring (bicyclic) bond motifs is 1. The number of nitrogens with one attached hydrogen (secondary N) is 1. The van der Waals surface area contributed by atoms with Gasteiger partial charge < -0.3 is 14.3 Å². The Kier molecular flexibility index (Phi) is 8.03. The van der Waals surface area contributed by atoms with Gasteiger partial charge in [-0.1, -0.05) is 42.5 Å². The average molecular weight is 589 g/mol. The second-order valence-corrected chi connectivity index (χ2v) is 11.3. The van der Waals surface area contributed by atoms with Crippen LogP contribution in [0, 0.1) is 13.8 Å². The van der Waals surface area contributed by atoms with Gasteiger partial charge in [0.1, 0.15) is 0 Å². The fourth-order valence-corrected chi connectivity index (χ4v) is 6.45. The van der Waals surface area contributed by atoms with E-state index in [0.29, 0.717) is 35.2 Å². The lowest BCUT2D eigenvalue weighted by Crippen LogP contribution is -2.31. The van der Waals surface area contributed by atoms with Crippen molar-refractivity contribution in [3.05, 3.63) is 124 Å². The number of amidine groups is 1. The third kappa shape index (κ3) is 5.79. The van der Waals surface area contributed by atoms with Gasteiger partial charge in [-0.05, 0) is 98.6 Å². The molecule has 0 spiro atoms. The Morgan fingerprint density at radius 2 is 1.79 bits per heavy atom. The van der Waals surface area contributed by atoms with Crippen LogP contribution in [0.5, 0.6) is 0 Å². The molecule has 2 aromatic heterocycles. The highest BCUT2D eigenvalue weighted by molar-refractivity contribution is 8.18. The number of aromatic nitrogens is 2. The molecule has 0 radical (unpaired) electrons. The number of aliphatic imine (C=N–C) groups is 1. The highest BCUT2D eigenvalue weighted by atomic mass is 32.2. The number of thioether (sulfide) groups is 1. The van der Waals surface area contributed by atoms with Gasteiger partial charge in [0.2, 0.25) is 0 Å². The molecule has 8 heteroatoms. The number of carbonyl (C=O) groups excluding carboxylic acids is 2. The normalized spacial score (nSPS) is 15.2. The monoisotopic (exact) mass is 588 g/mol. The SMILES string of the molecule is CCOC(=O)c1cccc(-n2c(C)cc(/C=C3\SC(=Nc4ccccc4)N(CCc4c[nH]c5ccccc45)C3=O)c2C)c1. The zero-order valence-corrected chi connectivity index (χ0v) is 25.2. The summed E-state index contributed by atoms with van der Waals surface area (Å²) in [5.41, 5.74) is 7.32. The summed E-state index contributed by atoms with van der Waals surface area (Å²) >= 11 is 1.40. The van der Waals surface area contributed by atoms with Gasteiger partial charge in [0.25, 0.3) is 5.91 Å². The number of H-pyrrole nitrogens is 1. The van der Waals surface area contributed by atoms with Crippen LogP contribution in [0.1, 0.15) is 39.8 Å². The van der Waals surface area contributed by atoms with E-state index in [1.807, 2.05) is 86.8 Å². The molecule has 5 aromatic rings. The molecular weight excluding hydrogens is 556 g/mol. The number of ether oxygens (including phenoxy) is 1. The summed E-state index contributed by atoms with van der Waals surface area (Å²) in [4.78, 5) is 36.8. The fraction of sp³-hybridized carbons (Fsp3) is 0.171. The Hall–Kier alpha value is -4.82.